The van der Waals surface area contributed by atoms with Crippen LogP contribution in [0.2, 0.25) is 0 Å². The zero-order valence-electron chi connectivity index (χ0n) is 31.6. The molecule has 0 radical (unpaired) electrons. The van der Waals surface area contributed by atoms with E-state index in [9.17, 15) is 44.2 Å². The molecule has 0 aliphatic carbocycles. The van der Waals surface area contributed by atoms with Crippen LogP contribution in [-0.2, 0) is 14.3 Å². The highest BCUT2D eigenvalue weighted by Crippen LogP contribution is 2.38. The van der Waals surface area contributed by atoms with E-state index in [0.29, 0.717) is 23.7 Å². The number of rotatable bonds is 16. The lowest BCUT2D eigenvalue weighted by Crippen LogP contribution is -2.41. The van der Waals surface area contributed by atoms with Crippen LogP contribution in [0.3, 0.4) is 0 Å². The lowest BCUT2D eigenvalue weighted by Gasteiger charge is -2.27. The van der Waals surface area contributed by atoms with Gasteiger partial charge in [0.25, 0.3) is 11.8 Å². The van der Waals surface area contributed by atoms with Crippen LogP contribution >= 0.6 is 0 Å². The van der Waals surface area contributed by atoms with Crippen molar-refractivity contribution in [2.24, 2.45) is 0 Å². The van der Waals surface area contributed by atoms with Crippen molar-refractivity contribution >= 4 is 41.9 Å². The molecule has 2 heterocycles. The summed E-state index contributed by atoms with van der Waals surface area (Å²) in [6.45, 7) is 11.7. The zero-order chi connectivity index (χ0) is 41.5. The molecule has 0 aromatic heterocycles. The summed E-state index contributed by atoms with van der Waals surface area (Å²) in [4.78, 5) is 89.5. The molecule has 2 aliphatic heterocycles. The van der Waals surface area contributed by atoms with Gasteiger partial charge in [0.05, 0.1) is 60.4 Å². The molecule has 4 rings (SSSR count). The Kier molecular flexibility index (Phi) is 13.4. The number of nitro groups is 2. The number of aldehydes is 2. The molecule has 2 aromatic carbocycles. The van der Waals surface area contributed by atoms with E-state index in [2.05, 4.69) is 13.2 Å². The SMILES string of the molecule is C=C1CC(C=O)N(C(=O)c2cc([N+](=O)[O-])c(OCCN(CCOc3cc(OC)c(C(=O)N4CC(=C)CC4C=O)cc3[N+](=O)[O-])C(=O)OC(C)(C)C)cc2OC)C1. The van der Waals surface area contributed by atoms with Gasteiger partial charge in [0, 0.05) is 37.4 Å². The fraction of sp³-hybridized carbons (Fsp3) is 0.432. The summed E-state index contributed by atoms with van der Waals surface area (Å²) in [6, 6.07) is 2.73. The first kappa shape index (κ1) is 42.2. The van der Waals surface area contributed by atoms with Crippen molar-refractivity contribution < 1.29 is 57.5 Å². The molecule has 0 bridgehead atoms. The molecule has 2 saturated heterocycles. The number of carbonyl (C=O) groups excluding carboxylic acids is 5. The van der Waals surface area contributed by atoms with Crippen molar-refractivity contribution in [3.63, 3.8) is 0 Å². The van der Waals surface area contributed by atoms with E-state index in [-0.39, 0.29) is 86.4 Å². The first-order valence-corrected chi connectivity index (χ1v) is 17.2. The second-order valence-electron chi connectivity index (χ2n) is 13.9. The maximum Gasteiger partial charge on any atom is 0.410 e. The molecule has 2 unspecified atom stereocenters. The Morgan fingerprint density at radius 2 is 1.16 bits per heavy atom. The maximum atomic E-state index is 13.4. The van der Waals surface area contributed by atoms with Crippen LogP contribution in [0, 0.1) is 20.2 Å². The Balaban J connectivity index is 1.53. The molecule has 2 fully saturated rings. The summed E-state index contributed by atoms with van der Waals surface area (Å²) in [7, 11) is 2.51. The first-order valence-electron chi connectivity index (χ1n) is 17.2. The maximum absolute atomic E-state index is 13.4. The number of hydrogen-bond donors (Lipinski definition) is 0. The number of methoxy groups -OCH3 is 2. The van der Waals surface area contributed by atoms with Crippen LogP contribution in [0.15, 0.2) is 48.6 Å². The number of likely N-dealkylation sites (tertiary alicyclic amines) is 2. The average Bonchev–Trinajstić information content (AvgIpc) is 3.73. The van der Waals surface area contributed by atoms with Gasteiger partial charge in [-0.05, 0) is 33.6 Å². The molecule has 300 valence electrons. The number of hydrogen-bond acceptors (Lipinski definition) is 14. The molecule has 2 aromatic rings. The highest BCUT2D eigenvalue weighted by molar-refractivity contribution is 6.00. The van der Waals surface area contributed by atoms with Crippen molar-refractivity contribution in [2.45, 2.75) is 51.3 Å². The second kappa shape index (κ2) is 17.7. The summed E-state index contributed by atoms with van der Waals surface area (Å²) in [5, 5.41) is 24.2. The molecule has 0 saturated carbocycles. The molecular weight excluding hydrogens is 738 g/mol. The predicted octanol–water partition coefficient (Wildman–Crippen LogP) is 4.15. The van der Waals surface area contributed by atoms with Crippen molar-refractivity contribution in [2.75, 3.05) is 53.6 Å². The van der Waals surface area contributed by atoms with E-state index in [0.717, 1.165) is 29.2 Å². The second-order valence-corrected chi connectivity index (χ2v) is 13.9. The number of nitro benzene ring substituents is 2. The summed E-state index contributed by atoms with van der Waals surface area (Å²) in [6.07, 6.45) is 0.910. The molecule has 2 atom stereocenters. The minimum absolute atomic E-state index is 0.0608. The molecule has 0 N–H and O–H groups in total. The molecule has 56 heavy (non-hydrogen) atoms. The summed E-state index contributed by atoms with van der Waals surface area (Å²) >= 11 is 0. The third kappa shape index (κ3) is 9.76. The quantitative estimate of drug-likeness (QED) is 0.101. The fourth-order valence-electron chi connectivity index (χ4n) is 6.10. The van der Waals surface area contributed by atoms with Gasteiger partial charge in [0.15, 0.2) is 0 Å². The van der Waals surface area contributed by atoms with Gasteiger partial charge < -0.3 is 48.0 Å². The number of benzene rings is 2. The minimum atomic E-state index is -0.935. The third-order valence-electron chi connectivity index (χ3n) is 8.73. The van der Waals surface area contributed by atoms with Gasteiger partial charge in [-0.3, -0.25) is 29.8 Å². The Morgan fingerprint density at radius 3 is 1.48 bits per heavy atom. The third-order valence-corrected chi connectivity index (χ3v) is 8.73. The van der Waals surface area contributed by atoms with Gasteiger partial charge >= 0.3 is 17.5 Å². The summed E-state index contributed by atoms with van der Waals surface area (Å²) in [5.41, 5.74) is -1.15. The lowest BCUT2D eigenvalue weighted by atomic mass is 10.1. The highest BCUT2D eigenvalue weighted by Gasteiger charge is 2.36. The van der Waals surface area contributed by atoms with E-state index >= 15 is 0 Å². The molecule has 0 spiro atoms. The Labute approximate surface area is 321 Å². The van der Waals surface area contributed by atoms with Crippen LogP contribution in [0.4, 0.5) is 16.2 Å². The number of ether oxygens (including phenoxy) is 5. The molecule has 19 heteroatoms. The Morgan fingerprint density at radius 1 is 0.768 bits per heavy atom. The number of nitrogens with zero attached hydrogens (tertiary/aromatic N) is 5. The smallest absolute Gasteiger partial charge is 0.410 e. The van der Waals surface area contributed by atoms with Crippen LogP contribution in [0.1, 0.15) is 54.3 Å². The first-order chi connectivity index (χ1) is 26.4. The molecular formula is C37H43N5O14. The zero-order valence-corrected chi connectivity index (χ0v) is 31.6. The molecule has 2 aliphatic rings. The molecule has 3 amide bonds. The molecule has 19 nitrogen and oxygen atoms in total. The van der Waals surface area contributed by atoms with Crippen LogP contribution in [0.25, 0.3) is 0 Å². The number of carbonyl (C=O) groups is 5. The van der Waals surface area contributed by atoms with Gasteiger partial charge in [-0.25, -0.2) is 4.79 Å². The highest BCUT2D eigenvalue weighted by atomic mass is 16.6. The van der Waals surface area contributed by atoms with Crippen molar-refractivity contribution in [3.05, 3.63) is 79.9 Å². The van der Waals surface area contributed by atoms with E-state index in [1.807, 2.05) is 0 Å². The Bertz CT molecular complexity index is 1820. The van der Waals surface area contributed by atoms with E-state index in [1.165, 1.54) is 24.0 Å². The van der Waals surface area contributed by atoms with E-state index < -0.39 is 56.8 Å². The predicted molar refractivity (Wildman–Crippen MR) is 197 cm³/mol. The normalized spacial score (nSPS) is 16.6. The summed E-state index contributed by atoms with van der Waals surface area (Å²) < 4.78 is 27.7. The van der Waals surface area contributed by atoms with Crippen molar-refractivity contribution in [1.82, 2.24) is 14.7 Å². The topological polar surface area (TPSA) is 227 Å². The fourth-order valence-corrected chi connectivity index (χ4v) is 6.10. The van der Waals surface area contributed by atoms with Gasteiger partial charge in [-0.2, -0.15) is 0 Å². The average molecular weight is 782 g/mol. The lowest BCUT2D eigenvalue weighted by molar-refractivity contribution is -0.386. The van der Waals surface area contributed by atoms with E-state index in [1.54, 1.807) is 20.8 Å². The van der Waals surface area contributed by atoms with Crippen LogP contribution in [0.5, 0.6) is 23.0 Å². The van der Waals surface area contributed by atoms with Gasteiger partial charge in [0.1, 0.15) is 42.9 Å². The van der Waals surface area contributed by atoms with Gasteiger partial charge in [-0.15, -0.1) is 0 Å². The standard InChI is InChI=1S/C37H43N5O14/c1-22-12-24(20-43)39(18-22)34(45)26-14-28(41(48)49)32(16-30(26)52-6)54-10-8-38(36(47)56-37(3,4)5)9-11-55-33-17-31(53-7)27(15-29(33)42(50)51)35(46)40-19-23(2)13-25(40)21-44/h14-17,20-21,24-25H,1-2,8-13,18-19H2,3-7H3. The van der Waals surface area contributed by atoms with Gasteiger partial charge in [-0.1, -0.05) is 24.3 Å². The largest absolute Gasteiger partial charge is 0.496 e. The van der Waals surface area contributed by atoms with E-state index in [4.69, 9.17) is 23.7 Å². The van der Waals surface area contributed by atoms with Crippen LogP contribution < -0.4 is 18.9 Å². The Hall–Kier alpha value is -6.53. The van der Waals surface area contributed by atoms with Crippen molar-refractivity contribution in [1.29, 1.82) is 0 Å². The van der Waals surface area contributed by atoms with Crippen LogP contribution in [-0.4, -0.2) is 126 Å². The van der Waals surface area contributed by atoms with Gasteiger partial charge in [0.2, 0.25) is 11.5 Å². The van der Waals surface area contributed by atoms with Crippen molar-refractivity contribution in [3.8, 4) is 23.0 Å². The number of amides is 3. The summed E-state index contributed by atoms with van der Waals surface area (Å²) in [5.74, 6) is -2.03. The minimum Gasteiger partial charge on any atom is -0.496 e. The monoisotopic (exact) mass is 781 g/mol.